The van der Waals surface area contributed by atoms with Crippen molar-refractivity contribution in [2.75, 3.05) is 11.6 Å². The molecule has 0 spiro atoms. The Morgan fingerprint density at radius 2 is 1.92 bits per heavy atom. The Morgan fingerprint density at radius 1 is 1.21 bits per heavy atom. The number of carbonyl (C=O) groups is 1. The van der Waals surface area contributed by atoms with Crippen molar-refractivity contribution < 1.29 is 9.18 Å². The van der Waals surface area contributed by atoms with E-state index in [4.69, 9.17) is 0 Å². The van der Waals surface area contributed by atoms with Gasteiger partial charge in [-0.2, -0.15) is 0 Å². The molecule has 3 rings (SSSR count). The lowest BCUT2D eigenvalue weighted by Crippen LogP contribution is -2.17. The first-order valence-electron chi connectivity index (χ1n) is 7.03. The van der Waals surface area contributed by atoms with Crippen molar-refractivity contribution in [3.63, 3.8) is 0 Å². The van der Waals surface area contributed by atoms with E-state index >= 15 is 0 Å². The highest BCUT2D eigenvalue weighted by atomic mass is 79.9. The number of para-hydroxylation sites is 1. The number of hydrogen-bond acceptors (Lipinski definition) is 3. The van der Waals surface area contributed by atoms with Crippen molar-refractivity contribution in [2.45, 2.75) is 5.16 Å². The SMILES string of the molecule is CSc1ncc(C(=O)Nc2ccccc2Br)n1-c1ccc(F)cc1. The molecule has 7 heteroatoms. The van der Waals surface area contributed by atoms with Crippen molar-refractivity contribution in [2.24, 2.45) is 0 Å². The molecule has 0 unspecified atom stereocenters. The van der Waals surface area contributed by atoms with Gasteiger partial charge in [-0.25, -0.2) is 9.37 Å². The molecule has 0 atom stereocenters. The third-order valence-corrected chi connectivity index (χ3v) is 4.70. The maximum absolute atomic E-state index is 13.2. The van der Waals surface area contributed by atoms with Gasteiger partial charge in [-0.15, -0.1) is 0 Å². The second-order valence-corrected chi connectivity index (χ2v) is 6.50. The molecule has 1 N–H and O–H groups in total. The van der Waals surface area contributed by atoms with Gasteiger partial charge in [0.25, 0.3) is 5.91 Å². The van der Waals surface area contributed by atoms with Crippen molar-refractivity contribution in [3.8, 4) is 5.69 Å². The molecule has 0 radical (unpaired) electrons. The Bertz CT molecular complexity index is 880. The summed E-state index contributed by atoms with van der Waals surface area (Å²) in [4.78, 5) is 17.0. The van der Waals surface area contributed by atoms with Crippen LogP contribution in [0.25, 0.3) is 5.69 Å². The maximum atomic E-state index is 13.2. The van der Waals surface area contributed by atoms with Crippen LogP contribution in [-0.2, 0) is 0 Å². The van der Waals surface area contributed by atoms with Crippen molar-refractivity contribution in [3.05, 3.63) is 70.7 Å². The maximum Gasteiger partial charge on any atom is 0.274 e. The molecule has 24 heavy (non-hydrogen) atoms. The Kier molecular flexibility index (Phi) is 5.01. The minimum absolute atomic E-state index is 0.293. The standard InChI is InChI=1S/C17H13BrFN3OS/c1-24-17-20-10-15(22(17)12-8-6-11(19)7-9-12)16(23)21-14-5-3-2-4-13(14)18/h2-10H,1H3,(H,21,23). The first kappa shape index (κ1) is 16.7. The molecule has 1 aromatic heterocycles. The lowest BCUT2D eigenvalue weighted by atomic mass is 10.3. The highest BCUT2D eigenvalue weighted by Gasteiger charge is 2.18. The highest BCUT2D eigenvalue weighted by Crippen LogP contribution is 2.25. The Morgan fingerprint density at radius 3 is 2.58 bits per heavy atom. The molecule has 0 bridgehead atoms. The Hall–Kier alpha value is -2.12. The summed E-state index contributed by atoms with van der Waals surface area (Å²) in [7, 11) is 0. The van der Waals surface area contributed by atoms with Crippen LogP contribution in [0.1, 0.15) is 10.5 Å². The van der Waals surface area contributed by atoms with Gasteiger partial charge in [-0.05, 0) is 58.6 Å². The summed E-state index contributed by atoms with van der Waals surface area (Å²) < 4.78 is 15.7. The summed E-state index contributed by atoms with van der Waals surface area (Å²) in [6.45, 7) is 0. The summed E-state index contributed by atoms with van der Waals surface area (Å²) in [5.41, 5.74) is 1.72. The van der Waals surface area contributed by atoms with E-state index < -0.39 is 0 Å². The highest BCUT2D eigenvalue weighted by molar-refractivity contribution is 9.10. The molecule has 0 aliphatic heterocycles. The lowest BCUT2D eigenvalue weighted by Gasteiger charge is -2.12. The average Bonchev–Trinajstić information content (AvgIpc) is 3.02. The fourth-order valence-electron chi connectivity index (χ4n) is 2.23. The van der Waals surface area contributed by atoms with E-state index in [-0.39, 0.29) is 11.7 Å². The number of rotatable bonds is 4. The van der Waals surface area contributed by atoms with Crippen LogP contribution >= 0.6 is 27.7 Å². The van der Waals surface area contributed by atoms with Crippen LogP contribution in [0.3, 0.4) is 0 Å². The second kappa shape index (κ2) is 7.19. The van der Waals surface area contributed by atoms with Crippen LogP contribution in [0.5, 0.6) is 0 Å². The fraction of sp³-hybridized carbons (Fsp3) is 0.0588. The fourth-order valence-corrected chi connectivity index (χ4v) is 3.16. The van der Waals surface area contributed by atoms with Gasteiger partial charge in [0.1, 0.15) is 11.5 Å². The third kappa shape index (κ3) is 3.37. The van der Waals surface area contributed by atoms with Gasteiger partial charge >= 0.3 is 0 Å². The molecule has 1 amide bonds. The van der Waals surface area contributed by atoms with E-state index in [1.807, 2.05) is 24.5 Å². The summed E-state index contributed by atoms with van der Waals surface area (Å²) in [6.07, 6.45) is 3.39. The number of amides is 1. The Balaban J connectivity index is 1.99. The van der Waals surface area contributed by atoms with Crippen LogP contribution in [0.2, 0.25) is 0 Å². The van der Waals surface area contributed by atoms with Gasteiger partial charge in [0.05, 0.1) is 11.9 Å². The van der Waals surface area contributed by atoms with Gasteiger partial charge in [-0.1, -0.05) is 23.9 Å². The van der Waals surface area contributed by atoms with E-state index in [1.165, 1.54) is 30.1 Å². The minimum atomic E-state index is -0.330. The summed E-state index contributed by atoms with van der Waals surface area (Å²) in [5.74, 6) is -0.622. The number of nitrogens with zero attached hydrogens (tertiary/aromatic N) is 2. The van der Waals surface area contributed by atoms with Gasteiger partial charge in [0.15, 0.2) is 5.16 Å². The third-order valence-electron chi connectivity index (χ3n) is 3.35. The number of imidazole rings is 1. The molecule has 122 valence electrons. The second-order valence-electron chi connectivity index (χ2n) is 4.88. The van der Waals surface area contributed by atoms with Gasteiger partial charge in [0, 0.05) is 10.2 Å². The molecule has 1 heterocycles. The predicted molar refractivity (Wildman–Crippen MR) is 97.4 cm³/mol. The molecular formula is C17H13BrFN3OS. The van der Waals surface area contributed by atoms with Gasteiger partial charge in [0.2, 0.25) is 0 Å². The largest absolute Gasteiger partial charge is 0.320 e. The zero-order valence-electron chi connectivity index (χ0n) is 12.7. The van der Waals surface area contributed by atoms with E-state index in [0.29, 0.717) is 22.2 Å². The normalized spacial score (nSPS) is 10.6. The molecule has 4 nitrogen and oxygen atoms in total. The Labute approximate surface area is 151 Å². The number of hydrogen-bond donors (Lipinski definition) is 1. The van der Waals surface area contributed by atoms with Gasteiger partial charge < -0.3 is 5.32 Å². The topological polar surface area (TPSA) is 46.9 Å². The molecule has 0 saturated carbocycles. The summed E-state index contributed by atoms with van der Waals surface area (Å²) in [6, 6.07) is 13.3. The van der Waals surface area contributed by atoms with Crippen molar-refractivity contribution in [1.82, 2.24) is 9.55 Å². The molecule has 3 aromatic rings. The zero-order chi connectivity index (χ0) is 17.1. The lowest BCUT2D eigenvalue weighted by molar-refractivity contribution is 0.102. The quantitative estimate of drug-likeness (QED) is 0.637. The zero-order valence-corrected chi connectivity index (χ0v) is 15.1. The predicted octanol–water partition coefficient (Wildman–Crippen LogP) is 4.75. The number of anilines is 1. The number of carbonyl (C=O) groups excluding carboxylic acids is 1. The molecule has 0 aliphatic rings. The molecule has 0 aliphatic carbocycles. The smallest absolute Gasteiger partial charge is 0.274 e. The number of halogens is 2. The van der Waals surface area contributed by atoms with E-state index in [9.17, 15) is 9.18 Å². The molecular weight excluding hydrogens is 393 g/mol. The number of nitrogens with one attached hydrogen (secondary N) is 1. The number of benzene rings is 2. The minimum Gasteiger partial charge on any atom is -0.320 e. The summed E-state index contributed by atoms with van der Waals surface area (Å²) >= 11 is 4.82. The van der Waals surface area contributed by atoms with Crippen LogP contribution in [0.4, 0.5) is 10.1 Å². The first-order valence-corrected chi connectivity index (χ1v) is 9.05. The van der Waals surface area contributed by atoms with E-state index in [0.717, 1.165) is 4.47 Å². The van der Waals surface area contributed by atoms with Crippen LogP contribution in [0.15, 0.2) is 64.4 Å². The van der Waals surface area contributed by atoms with Crippen LogP contribution in [-0.4, -0.2) is 21.7 Å². The van der Waals surface area contributed by atoms with E-state index in [2.05, 4.69) is 26.2 Å². The van der Waals surface area contributed by atoms with Crippen molar-refractivity contribution in [1.29, 1.82) is 0 Å². The molecule has 0 saturated heterocycles. The number of thioether (sulfide) groups is 1. The van der Waals surface area contributed by atoms with E-state index in [1.54, 1.807) is 22.8 Å². The first-order chi connectivity index (χ1) is 11.6. The van der Waals surface area contributed by atoms with Crippen LogP contribution < -0.4 is 5.32 Å². The average molecular weight is 406 g/mol. The molecule has 0 fully saturated rings. The number of aromatic nitrogens is 2. The van der Waals surface area contributed by atoms with Crippen molar-refractivity contribution >= 4 is 39.3 Å². The van der Waals surface area contributed by atoms with Gasteiger partial charge in [-0.3, -0.25) is 9.36 Å². The molecule has 2 aromatic carbocycles. The summed E-state index contributed by atoms with van der Waals surface area (Å²) in [5, 5.41) is 3.51. The van der Waals surface area contributed by atoms with Crippen LogP contribution in [0, 0.1) is 5.82 Å². The monoisotopic (exact) mass is 405 g/mol.